The second-order valence-electron chi connectivity index (χ2n) is 4.20. The van der Waals surface area contributed by atoms with Crippen molar-refractivity contribution in [1.82, 2.24) is 9.97 Å². The van der Waals surface area contributed by atoms with Crippen molar-refractivity contribution in [3.63, 3.8) is 0 Å². The van der Waals surface area contributed by atoms with Gasteiger partial charge in [-0.2, -0.15) is 11.8 Å². The number of anilines is 1. The standard InChI is InChI=1S/C12H20ClN3S/c1-5-10-15-11(13)9(3)12(16-10)14-6-8(2)7-17-4/h8H,5-7H2,1-4H3,(H,14,15,16). The Morgan fingerprint density at radius 1 is 1.41 bits per heavy atom. The molecule has 1 atom stereocenters. The van der Waals surface area contributed by atoms with Crippen molar-refractivity contribution < 1.29 is 0 Å². The molecule has 0 aromatic carbocycles. The Kier molecular flexibility index (Phi) is 6.06. The van der Waals surface area contributed by atoms with Crippen LogP contribution in [0.1, 0.15) is 25.2 Å². The van der Waals surface area contributed by atoms with Crippen LogP contribution >= 0.6 is 23.4 Å². The van der Waals surface area contributed by atoms with E-state index in [-0.39, 0.29) is 0 Å². The largest absolute Gasteiger partial charge is 0.369 e. The van der Waals surface area contributed by atoms with Crippen molar-refractivity contribution in [1.29, 1.82) is 0 Å². The first kappa shape index (κ1) is 14.6. The molecule has 0 amide bonds. The molecule has 1 unspecified atom stereocenters. The molecule has 0 aliphatic rings. The fourth-order valence-corrected chi connectivity index (χ4v) is 2.35. The number of aryl methyl sites for hydroxylation is 1. The molecule has 0 saturated heterocycles. The van der Waals surface area contributed by atoms with Gasteiger partial charge in [0.15, 0.2) is 0 Å². The predicted octanol–water partition coefficient (Wildman–Crippen LogP) is 3.41. The number of hydrogen-bond donors (Lipinski definition) is 1. The molecule has 1 heterocycles. The van der Waals surface area contributed by atoms with Gasteiger partial charge < -0.3 is 5.32 Å². The quantitative estimate of drug-likeness (QED) is 0.806. The molecule has 0 radical (unpaired) electrons. The van der Waals surface area contributed by atoms with Crippen LogP contribution in [-0.2, 0) is 6.42 Å². The fraction of sp³-hybridized carbons (Fsp3) is 0.667. The first-order valence-corrected chi connectivity index (χ1v) is 7.61. The Labute approximate surface area is 113 Å². The molecule has 17 heavy (non-hydrogen) atoms. The minimum Gasteiger partial charge on any atom is -0.369 e. The molecule has 3 nitrogen and oxygen atoms in total. The van der Waals surface area contributed by atoms with Gasteiger partial charge in [-0.25, -0.2) is 9.97 Å². The summed E-state index contributed by atoms with van der Waals surface area (Å²) < 4.78 is 0. The fourth-order valence-electron chi connectivity index (χ4n) is 1.48. The summed E-state index contributed by atoms with van der Waals surface area (Å²) in [6, 6.07) is 0. The summed E-state index contributed by atoms with van der Waals surface area (Å²) in [6.07, 6.45) is 2.92. The van der Waals surface area contributed by atoms with E-state index in [9.17, 15) is 0 Å². The van der Waals surface area contributed by atoms with Gasteiger partial charge in [0, 0.05) is 18.5 Å². The Morgan fingerprint density at radius 2 is 2.12 bits per heavy atom. The van der Waals surface area contributed by atoms with Gasteiger partial charge in [0.2, 0.25) is 0 Å². The highest BCUT2D eigenvalue weighted by Crippen LogP contribution is 2.20. The van der Waals surface area contributed by atoms with E-state index < -0.39 is 0 Å². The van der Waals surface area contributed by atoms with Crippen LogP contribution in [-0.4, -0.2) is 28.5 Å². The van der Waals surface area contributed by atoms with Crippen LogP contribution in [0.15, 0.2) is 0 Å². The van der Waals surface area contributed by atoms with Crippen LogP contribution in [0.4, 0.5) is 5.82 Å². The van der Waals surface area contributed by atoms with Crippen molar-refractivity contribution >= 4 is 29.2 Å². The first-order valence-electron chi connectivity index (χ1n) is 5.84. The molecule has 0 spiro atoms. The first-order chi connectivity index (χ1) is 8.08. The second-order valence-corrected chi connectivity index (χ2v) is 5.47. The molecule has 0 saturated carbocycles. The zero-order chi connectivity index (χ0) is 12.8. The lowest BCUT2D eigenvalue weighted by atomic mass is 10.2. The smallest absolute Gasteiger partial charge is 0.137 e. The number of thioether (sulfide) groups is 1. The molecular formula is C12H20ClN3S. The van der Waals surface area contributed by atoms with E-state index in [1.54, 1.807) is 0 Å². The summed E-state index contributed by atoms with van der Waals surface area (Å²) in [5.41, 5.74) is 0.931. The molecule has 96 valence electrons. The minimum absolute atomic E-state index is 0.553. The van der Waals surface area contributed by atoms with Crippen molar-refractivity contribution in [3.05, 3.63) is 16.5 Å². The van der Waals surface area contributed by atoms with Crippen molar-refractivity contribution in [3.8, 4) is 0 Å². The maximum atomic E-state index is 6.08. The summed E-state index contributed by atoms with van der Waals surface area (Å²) in [5.74, 6) is 3.42. The van der Waals surface area contributed by atoms with Gasteiger partial charge in [-0.3, -0.25) is 0 Å². The zero-order valence-corrected chi connectivity index (χ0v) is 12.5. The van der Waals surface area contributed by atoms with Crippen LogP contribution in [0.25, 0.3) is 0 Å². The van der Waals surface area contributed by atoms with Gasteiger partial charge in [-0.1, -0.05) is 25.4 Å². The second kappa shape index (κ2) is 7.07. The van der Waals surface area contributed by atoms with E-state index in [1.807, 2.05) is 25.6 Å². The number of halogens is 1. The molecular weight excluding hydrogens is 254 g/mol. The van der Waals surface area contributed by atoms with Gasteiger partial charge in [-0.15, -0.1) is 0 Å². The van der Waals surface area contributed by atoms with Crippen LogP contribution in [0.3, 0.4) is 0 Å². The van der Waals surface area contributed by atoms with Crippen molar-refractivity contribution in [2.75, 3.05) is 23.9 Å². The molecule has 5 heteroatoms. The van der Waals surface area contributed by atoms with E-state index in [0.29, 0.717) is 11.1 Å². The van der Waals surface area contributed by atoms with Crippen LogP contribution < -0.4 is 5.32 Å². The van der Waals surface area contributed by atoms with E-state index in [4.69, 9.17) is 11.6 Å². The Morgan fingerprint density at radius 3 is 2.71 bits per heavy atom. The summed E-state index contributed by atoms with van der Waals surface area (Å²) in [5, 5.41) is 3.92. The third-order valence-electron chi connectivity index (χ3n) is 2.52. The van der Waals surface area contributed by atoms with Crippen LogP contribution in [0.5, 0.6) is 0 Å². The maximum Gasteiger partial charge on any atom is 0.137 e. The van der Waals surface area contributed by atoms with Crippen LogP contribution in [0, 0.1) is 12.8 Å². The van der Waals surface area contributed by atoms with Gasteiger partial charge in [0.25, 0.3) is 0 Å². The predicted molar refractivity (Wildman–Crippen MR) is 77.2 cm³/mol. The van der Waals surface area contributed by atoms with E-state index >= 15 is 0 Å². The lowest BCUT2D eigenvalue weighted by Crippen LogP contribution is -2.15. The average molecular weight is 274 g/mol. The number of hydrogen-bond acceptors (Lipinski definition) is 4. The lowest BCUT2D eigenvalue weighted by Gasteiger charge is -2.14. The highest BCUT2D eigenvalue weighted by Gasteiger charge is 2.09. The molecule has 0 fully saturated rings. The Balaban J connectivity index is 2.72. The number of rotatable bonds is 6. The SMILES string of the molecule is CCc1nc(Cl)c(C)c(NCC(C)CSC)n1. The van der Waals surface area contributed by atoms with E-state index in [1.165, 1.54) is 0 Å². The molecule has 1 aromatic heterocycles. The number of nitrogens with zero attached hydrogens (tertiary/aromatic N) is 2. The third kappa shape index (κ3) is 4.36. The van der Waals surface area contributed by atoms with Gasteiger partial charge in [-0.05, 0) is 24.9 Å². The van der Waals surface area contributed by atoms with E-state index in [2.05, 4.69) is 28.5 Å². The van der Waals surface area contributed by atoms with Gasteiger partial charge in [0.05, 0.1) is 0 Å². The van der Waals surface area contributed by atoms with E-state index in [0.717, 1.165) is 35.9 Å². The summed E-state index contributed by atoms with van der Waals surface area (Å²) >= 11 is 7.94. The zero-order valence-electron chi connectivity index (χ0n) is 10.9. The Bertz CT molecular complexity index is 371. The summed E-state index contributed by atoms with van der Waals surface area (Å²) in [7, 11) is 0. The topological polar surface area (TPSA) is 37.8 Å². The molecule has 1 N–H and O–H groups in total. The Hall–Kier alpha value is -0.480. The monoisotopic (exact) mass is 273 g/mol. The molecule has 0 aliphatic heterocycles. The normalized spacial score (nSPS) is 12.5. The molecule has 0 aliphatic carbocycles. The maximum absolute atomic E-state index is 6.08. The van der Waals surface area contributed by atoms with Crippen molar-refractivity contribution in [2.45, 2.75) is 27.2 Å². The lowest BCUT2D eigenvalue weighted by molar-refractivity contribution is 0.698. The molecule has 0 bridgehead atoms. The highest BCUT2D eigenvalue weighted by molar-refractivity contribution is 7.98. The van der Waals surface area contributed by atoms with Gasteiger partial charge in [0.1, 0.15) is 16.8 Å². The highest BCUT2D eigenvalue weighted by atomic mass is 35.5. The third-order valence-corrected chi connectivity index (χ3v) is 3.79. The van der Waals surface area contributed by atoms with Gasteiger partial charge >= 0.3 is 0 Å². The molecule has 1 aromatic rings. The average Bonchev–Trinajstić information content (AvgIpc) is 2.31. The van der Waals surface area contributed by atoms with Crippen molar-refractivity contribution in [2.24, 2.45) is 5.92 Å². The summed E-state index contributed by atoms with van der Waals surface area (Å²) in [6.45, 7) is 7.12. The number of nitrogens with one attached hydrogen (secondary N) is 1. The summed E-state index contributed by atoms with van der Waals surface area (Å²) in [4.78, 5) is 8.70. The van der Waals surface area contributed by atoms with Crippen LogP contribution in [0.2, 0.25) is 5.15 Å². The minimum atomic E-state index is 0.553. The molecule has 1 rings (SSSR count). The number of aromatic nitrogens is 2.